The predicted octanol–water partition coefficient (Wildman–Crippen LogP) is 4.75. The van der Waals surface area contributed by atoms with Crippen molar-refractivity contribution in [3.63, 3.8) is 0 Å². The van der Waals surface area contributed by atoms with Crippen molar-refractivity contribution in [2.24, 2.45) is 0 Å². The molecule has 0 unspecified atom stereocenters. The summed E-state index contributed by atoms with van der Waals surface area (Å²) >= 11 is 6.15. The molecule has 7 heteroatoms. The third-order valence-electron chi connectivity index (χ3n) is 4.13. The van der Waals surface area contributed by atoms with E-state index >= 15 is 0 Å². The smallest absolute Gasteiger partial charge is 0.315 e. The maximum absolute atomic E-state index is 12.1. The second-order valence-corrected chi connectivity index (χ2v) is 6.61. The fourth-order valence-corrected chi connectivity index (χ4v) is 2.94. The highest BCUT2D eigenvalue weighted by Crippen LogP contribution is 2.22. The zero-order chi connectivity index (χ0) is 19.9. The molecule has 0 saturated heterocycles. The van der Waals surface area contributed by atoms with Gasteiger partial charge in [-0.25, -0.2) is 4.79 Å². The Balaban J connectivity index is 1.48. The molecule has 144 valence electrons. The van der Waals surface area contributed by atoms with Crippen molar-refractivity contribution in [2.45, 2.75) is 19.5 Å². The van der Waals surface area contributed by atoms with Crippen LogP contribution in [-0.2, 0) is 6.54 Å². The number of hydrogen-bond donors (Lipinski definition) is 3. The number of halogens is 1. The fourth-order valence-electron chi connectivity index (χ4n) is 2.64. The molecule has 3 aromatic rings. The molecule has 1 heterocycles. The van der Waals surface area contributed by atoms with Gasteiger partial charge in [0.25, 0.3) is 5.91 Å². The van der Waals surface area contributed by atoms with Gasteiger partial charge in [-0.1, -0.05) is 41.9 Å². The van der Waals surface area contributed by atoms with Gasteiger partial charge in [-0.3, -0.25) is 4.79 Å². The molecule has 28 heavy (non-hydrogen) atoms. The molecule has 2 aromatic carbocycles. The molecule has 0 bridgehead atoms. The van der Waals surface area contributed by atoms with Gasteiger partial charge in [0.1, 0.15) is 0 Å². The summed E-state index contributed by atoms with van der Waals surface area (Å²) in [5.41, 5.74) is 2.40. The van der Waals surface area contributed by atoms with Crippen LogP contribution in [-0.4, -0.2) is 11.9 Å². The van der Waals surface area contributed by atoms with Crippen LogP contribution in [0.25, 0.3) is 0 Å². The molecule has 0 spiro atoms. The van der Waals surface area contributed by atoms with Crippen molar-refractivity contribution in [3.8, 4) is 0 Å². The van der Waals surface area contributed by atoms with Gasteiger partial charge in [-0.15, -0.1) is 0 Å². The third kappa shape index (κ3) is 5.14. The minimum atomic E-state index is -0.316. The largest absolute Gasteiger partial charge is 0.459 e. The predicted molar refractivity (Wildman–Crippen MR) is 108 cm³/mol. The van der Waals surface area contributed by atoms with Crippen LogP contribution in [0, 0.1) is 0 Å². The van der Waals surface area contributed by atoms with Crippen molar-refractivity contribution >= 4 is 29.2 Å². The molecule has 0 aliphatic heterocycles. The molecule has 3 amide bonds. The molecule has 0 radical (unpaired) electrons. The van der Waals surface area contributed by atoms with Gasteiger partial charge in [0.2, 0.25) is 0 Å². The summed E-state index contributed by atoms with van der Waals surface area (Å²) in [5.74, 6) is -0.0705. The van der Waals surface area contributed by atoms with Gasteiger partial charge in [0, 0.05) is 17.3 Å². The average Bonchev–Trinajstić information content (AvgIpc) is 3.23. The van der Waals surface area contributed by atoms with E-state index in [4.69, 9.17) is 16.0 Å². The molecule has 1 atom stereocenters. The lowest BCUT2D eigenvalue weighted by Gasteiger charge is -2.16. The summed E-state index contributed by atoms with van der Waals surface area (Å²) in [6, 6.07) is 17.3. The summed E-state index contributed by atoms with van der Waals surface area (Å²) in [6.45, 7) is 2.23. The first-order valence-corrected chi connectivity index (χ1v) is 9.13. The van der Waals surface area contributed by atoms with Gasteiger partial charge in [-0.2, -0.15) is 0 Å². The molecule has 0 fully saturated rings. The number of urea groups is 1. The highest BCUT2D eigenvalue weighted by molar-refractivity contribution is 6.31. The molecule has 0 saturated carbocycles. The van der Waals surface area contributed by atoms with Crippen molar-refractivity contribution in [1.29, 1.82) is 0 Å². The zero-order valence-corrected chi connectivity index (χ0v) is 16.0. The number of benzene rings is 2. The first-order valence-electron chi connectivity index (χ1n) is 8.75. The number of carbonyl (C=O) groups excluding carboxylic acids is 2. The quantitative estimate of drug-likeness (QED) is 0.561. The molecule has 3 N–H and O–H groups in total. The van der Waals surface area contributed by atoms with E-state index in [0.717, 1.165) is 11.1 Å². The fraction of sp³-hybridized carbons (Fsp3) is 0.143. The Morgan fingerprint density at radius 2 is 1.79 bits per heavy atom. The van der Waals surface area contributed by atoms with Gasteiger partial charge < -0.3 is 20.4 Å². The SMILES string of the molecule is C[C@@H](NC(=O)NCc1ccc(NC(=O)c2ccco2)cc1)c1ccccc1Cl. The van der Waals surface area contributed by atoms with E-state index in [9.17, 15) is 9.59 Å². The van der Waals surface area contributed by atoms with E-state index in [2.05, 4.69) is 16.0 Å². The number of anilines is 1. The average molecular weight is 398 g/mol. The molecule has 1 aromatic heterocycles. The minimum absolute atomic E-state index is 0.215. The summed E-state index contributed by atoms with van der Waals surface area (Å²) in [4.78, 5) is 24.1. The second kappa shape index (κ2) is 9.10. The van der Waals surface area contributed by atoms with Crippen LogP contribution in [0.5, 0.6) is 0 Å². The van der Waals surface area contributed by atoms with Gasteiger partial charge in [0.15, 0.2) is 5.76 Å². The summed E-state index contributed by atoms with van der Waals surface area (Å²) < 4.78 is 5.05. The van der Waals surface area contributed by atoms with Crippen LogP contribution in [0.1, 0.15) is 34.6 Å². The van der Waals surface area contributed by atoms with Crippen LogP contribution in [0.4, 0.5) is 10.5 Å². The number of nitrogens with one attached hydrogen (secondary N) is 3. The van der Waals surface area contributed by atoms with Gasteiger partial charge >= 0.3 is 6.03 Å². The summed E-state index contributed by atoms with van der Waals surface area (Å²) in [5, 5.41) is 9.02. The number of furan rings is 1. The second-order valence-electron chi connectivity index (χ2n) is 6.20. The van der Waals surface area contributed by atoms with Gasteiger partial charge in [-0.05, 0) is 48.4 Å². The normalized spacial score (nSPS) is 11.5. The third-order valence-corrected chi connectivity index (χ3v) is 4.47. The standard InChI is InChI=1S/C21H20ClN3O3/c1-14(17-5-2-3-6-18(17)22)24-21(27)23-13-15-8-10-16(11-9-15)25-20(26)19-7-4-12-28-19/h2-12,14H,13H2,1H3,(H,25,26)(H2,23,24,27)/t14-/m1/s1. The van der Waals surface area contributed by atoms with E-state index in [1.807, 2.05) is 37.3 Å². The van der Waals surface area contributed by atoms with E-state index in [0.29, 0.717) is 17.3 Å². The number of hydrogen-bond acceptors (Lipinski definition) is 3. The lowest BCUT2D eigenvalue weighted by Crippen LogP contribution is -2.36. The highest BCUT2D eigenvalue weighted by atomic mass is 35.5. The Hall–Kier alpha value is -3.25. The van der Waals surface area contributed by atoms with Crippen LogP contribution in [0.2, 0.25) is 5.02 Å². The molecule has 3 rings (SSSR count). The van der Waals surface area contributed by atoms with E-state index in [1.54, 1.807) is 30.3 Å². The Bertz CT molecular complexity index is 940. The molecule has 0 aliphatic carbocycles. The maximum atomic E-state index is 12.1. The zero-order valence-electron chi connectivity index (χ0n) is 15.2. The van der Waals surface area contributed by atoms with E-state index in [1.165, 1.54) is 6.26 Å². The maximum Gasteiger partial charge on any atom is 0.315 e. The number of amides is 3. The minimum Gasteiger partial charge on any atom is -0.459 e. The molecular formula is C21H20ClN3O3. The van der Waals surface area contributed by atoms with E-state index < -0.39 is 0 Å². The number of carbonyl (C=O) groups is 2. The van der Waals surface area contributed by atoms with Crippen molar-refractivity contribution in [3.05, 3.63) is 88.8 Å². The Morgan fingerprint density at radius 3 is 2.46 bits per heavy atom. The topological polar surface area (TPSA) is 83.4 Å². The lowest BCUT2D eigenvalue weighted by atomic mass is 10.1. The molecular weight excluding hydrogens is 378 g/mol. The van der Waals surface area contributed by atoms with Crippen LogP contribution in [0.15, 0.2) is 71.3 Å². The molecule has 6 nitrogen and oxygen atoms in total. The van der Waals surface area contributed by atoms with Crippen molar-refractivity contribution < 1.29 is 14.0 Å². The first kappa shape index (κ1) is 19.5. The van der Waals surface area contributed by atoms with Crippen molar-refractivity contribution in [2.75, 3.05) is 5.32 Å². The van der Waals surface area contributed by atoms with Crippen LogP contribution < -0.4 is 16.0 Å². The highest BCUT2D eigenvalue weighted by Gasteiger charge is 2.12. The van der Waals surface area contributed by atoms with Crippen LogP contribution >= 0.6 is 11.6 Å². The number of rotatable bonds is 6. The Morgan fingerprint density at radius 1 is 1.04 bits per heavy atom. The van der Waals surface area contributed by atoms with Crippen LogP contribution in [0.3, 0.4) is 0 Å². The van der Waals surface area contributed by atoms with E-state index in [-0.39, 0.29) is 23.7 Å². The lowest BCUT2D eigenvalue weighted by molar-refractivity contribution is 0.0996. The molecule has 0 aliphatic rings. The van der Waals surface area contributed by atoms with Crippen molar-refractivity contribution in [1.82, 2.24) is 10.6 Å². The summed E-state index contributed by atoms with van der Waals surface area (Å²) in [7, 11) is 0. The Kier molecular flexibility index (Phi) is 6.34. The Labute approximate surface area is 167 Å². The van der Waals surface area contributed by atoms with Gasteiger partial charge in [0.05, 0.1) is 12.3 Å². The summed E-state index contributed by atoms with van der Waals surface area (Å²) in [6.07, 6.45) is 1.45. The first-order chi connectivity index (χ1) is 13.5. The monoisotopic (exact) mass is 397 g/mol.